The van der Waals surface area contributed by atoms with Crippen LogP contribution < -0.4 is 15.4 Å². The maximum atomic E-state index is 13.4. The normalized spacial score (nSPS) is 14.5. The van der Waals surface area contributed by atoms with Gasteiger partial charge in [0, 0.05) is 25.6 Å². The Bertz CT molecular complexity index is 797. The highest BCUT2D eigenvalue weighted by molar-refractivity contribution is 14.0. The number of benzene rings is 1. The lowest BCUT2D eigenvalue weighted by Gasteiger charge is -2.20. The number of guanidine groups is 1. The number of nitrogens with one attached hydrogen (secondary N) is 2. The van der Waals surface area contributed by atoms with Gasteiger partial charge in [-0.1, -0.05) is 13.0 Å². The van der Waals surface area contributed by atoms with Crippen LogP contribution >= 0.6 is 24.0 Å². The van der Waals surface area contributed by atoms with Gasteiger partial charge < -0.3 is 19.9 Å². The number of halogens is 2. The van der Waals surface area contributed by atoms with Crippen LogP contribution in [0.25, 0.3) is 0 Å². The van der Waals surface area contributed by atoms with Crippen molar-refractivity contribution < 1.29 is 9.13 Å². The number of hydrogen-bond acceptors (Lipinski definition) is 4. The highest BCUT2D eigenvalue weighted by atomic mass is 127. The van der Waals surface area contributed by atoms with Crippen LogP contribution in [0.15, 0.2) is 29.3 Å². The lowest BCUT2D eigenvalue weighted by molar-refractivity contribution is 0.198. The fourth-order valence-corrected chi connectivity index (χ4v) is 3.19. The molecule has 2 N–H and O–H groups in total. The maximum absolute atomic E-state index is 13.4. The van der Waals surface area contributed by atoms with E-state index >= 15 is 0 Å². The van der Waals surface area contributed by atoms with E-state index in [-0.39, 0.29) is 35.9 Å². The lowest BCUT2D eigenvalue weighted by atomic mass is 10.2. The summed E-state index contributed by atoms with van der Waals surface area (Å²) >= 11 is 0. The summed E-state index contributed by atoms with van der Waals surface area (Å²) in [6.07, 6.45) is 4.03. The summed E-state index contributed by atoms with van der Waals surface area (Å²) in [5.41, 5.74) is 0. The summed E-state index contributed by atoms with van der Waals surface area (Å²) in [5, 5.41) is 15.1. The van der Waals surface area contributed by atoms with Gasteiger partial charge in [-0.25, -0.2) is 9.38 Å². The second kappa shape index (κ2) is 11.9. The van der Waals surface area contributed by atoms with Crippen LogP contribution in [0.3, 0.4) is 0 Å². The van der Waals surface area contributed by atoms with E-state index in [0.717, 1.165) is 44.0 Å². The van der Waals surface area contributed by atoms with E-state index in [4.69, 9.17) is 4.74 Å². The summed E-state index contributed by atoms with van der Waals surface area (Å²) in [5.74, 6) is 2.90. The summed E-state index contributed by atoms with van der Waals surface area (Å²) in [4.78, 5) is 4.65. The zero-order valence-electron chi connectivity index (χ0n) is 17.0. The Morgan fingerprint density at radius 1 is 1.28 bits per heavy atom. The summed E-state index contributed by atoms with van der Waals surface area (Å²) < 4.78 is 21.4. The van der Waals surface area contributed by atoms with Gasteiger partial charge in [0.2, 0.25) is 0 Å². The molecule has 7 nitrogen and oxygen atoms in total. The number of aromatic nitrogens is 3. The van der Waals surface area contributed by atoms with Crippen molar-refractivity contribution in [2.45, 2.75) is 58.7 Å². The first-order chi connectivity index (χ1) is 13.7. The molecular formula is C20H30FIN6O. The Hall–Kier alpha value is -1.91. The van der Waals surface area contributed by atoms with Gasteiger partial charge in [-0.3, -0.25) is 0 Å². The number of ether oxygens (including phenoxy) is 1. The molecule has 0 spiro atoms. The molecule has 0 bridgehead atoms. The molecule has 2 heterocycles. The van der Waals surface area contributed by atoms with Crippen molar-refractivity contribution in [1.82, 2.24) is 25.4 Å². The molecule has 2 aromatic rings. The zero-order valence-corrected chi connectivity index (χ0v) is 19.4. The molecule has 0 saturated heterocycles. The molecule has 0 fully saturated rings. The Kier molecular flexibility index (Phi) is 9.62. The second-order valence-electron chi connectivity index (χ2n) is 6.82. The highest BCUT2D eigenvalue weighted by Gasteiger charge is 2.15. The van der Waals surface area contributed by atoms with Crippen LogP contribution in [0.1, 0.15) is 44.8 Å². The topological polar surface area (TPSA) is 76.4 Å². The van der Waals surface area contributed by atoms with Crippen molar-refractivity contribution >= 4 is 29.9 Å². The van der Waals surface area contributed by atoms with Crippen LogP contribution in [0.2, 0.25) is 0 Å². The molecule has 29 heavy (non-hydrogen) atoms. The average molecular weight is 516 g/mol. The smallest absolute Gasteiger partial charge is 0.191 e. The van der Waals surface area contributed by atoms with Crippen molar-refractivity contribution in [2.75, 3.05) is 13.1 Å². The number of aliphatic imine (C=N–C) groups is 1. The van der Waals surface area contributed by atoms with Crippen LogP contribution in [0, 0.1) is 5.82 Å². The van der Waals surface area contributed by atoms with E-state index < -0.39 is 0 Å². The number of fused-ring (bicyclic) bond motifs is 1. The van der Waals surface area contributed by atoms with Crippen LogP contribution in [0.4, 0.5) is 4.39 Å². The molecule has 0 aliphatic carbocycles. The first kappa shape index (κ1) is 23.4. The number of rotatable bonds is 8. The van der Waals surface area contributed by atoms with E-state index in [2.05, 4.69) is 30.4 Å². The molecule has 0 radical (unpaired) electrons. The molecule has 3 rings (SSSR count). The van der Waals surface area contributed by atoms with Crippen molar-refractivity contribution in [1.29, 1.82) is 0 Å². The molecule has 1 aromatic heterocycles. The van der Waals surface area contributed by atoms with Gasteiger partial charge in [0.05, 0.1) is 6.54 Å². The van der Waals surface area contributed by atoms with Crippen molar-refractivity contribution in [2.24, 2.45) is 4.99 Å². The van der Waals surface area contributed by atoms with Crippen molar-refractivity contribution in [3.8, 4) is 5.75 Å². The third-order valence-corrected chi connectivity index (χ3v) is 4.71. The third kappa shape index (κ3) is 6.83. The molecular weight excluding hydrogens is 486 g/mol. The second-order valence-corrected chi connectivity index (χ2v) is 6.82. The molecule has 0 amide bonds. The van der Waals surface area contributed by atoms with Crippen LogP contribution in [-0.4, -0.2) is 39.9 Å². The van der Waals surface area contributed by atoms with Gasteiger partial charge in [-0.05, 0) is 38.3 Å². The van der Waals surface area contributed by atoms with Gasteiger partial charge >= 0.3 is 0 Å². The van der Waals surface area contributed by atoms with Crippen molar-refractivity contribution in [3.63, 3.8) is 0 Å². The summed E-state index contributed by atoms with van der Waals surface area (Å²) in [6, 6.07) is 6.22. The van der Waals surface area contributed by atoms with Crippen molar-refractivity contribution in [3.05, 3.63) is 41.7 Å². The van der Waals surface area contributed by atoms with E-state index in [0.29, 0.717) is 24.8 Å². The molecule has 1 atom stereocenters. The minimum atomic E-state index is -0.299. The Labute approximate surface area is 188 Å². The summed E-state index contributed by atoms with van der Waals surface area (Å²) in [7, 11) is 0. The fourth-order valence-electron chi connectivity index (χ4n) is 3.19. The fraction of sp³-hybridized carbons (Fsp3) is 0.550. The zero-order chi connectivity index (χ0) is 19.8. The molecule has 160 valence electrons. The highest BCUT2D eigenvalue weighted by Crippen LogP contribution is 2.15. The van der Waals surface area contributed by atoms with E-state index in [1.807, 2.05) is 13.8 Å². The van der Waals surface area contributed by atoms with Gasteiger partial charge in [0.25, 0.3) is 0 Å². The van der Waals surface area contributed by atoms with Crippen LogP contribution in [0.5, 0.6) is 5.75 Å². The monoisotopic (exact) mass is 516 g/mol. The number of nitrogens with zero attached hydrogens (tertiary/aromatic N) is 4. The maximum Gasteiger partial charge on any atom is 0.191 e. The average Bonchev–Trinajstić information content (AvgIpc) is 3.12. The minimum absolute atomic E-state index is 0. The van der Waals surface area contributed by atoms with E-state index in [1.54, 1.807) is 12.1 Å². The standard InChI is InChI=1S/C20H29FN6O.HI/c1-3-16(28-17-9-7-8-15(21)12-17)13-23-20(22-4-2)24-14-19-26-25-18-10-5-6-11-27(18)19;/h7-9,12,16H,3-6,10-11,13-14H2,1-2H3,(H2,22,23,24);1H. The number of hydrogen-bond donors (Lipinski definition) is 2. The van der Waals surface area contributed by atoms with Gasteiger partial charge in [0.1, 0.15) is 30.0 Å². The van der Waals surface area contributed by atoms with E-state index in [9.17, 15) is 4.39 Å². The predicted octanol–water partition coefficient (Wildman–Crippen LogP) is 3.28. The molecule has 9 heteroatoms. The van der Waals surface area contributed by atoms with E-state index in [1.165, 1.54) is 18.6 Å². The lowest BCUT2D eigenvalue weighted by Crippen LogP contribution is -2.42. The third-order valence-electron chi connectivity index (χ3n) is 4.71. The van der Waals surface area contributed by atoms with Gasteiger partial charge in [0.15, 0.2) is 11.8 Å². The van der Waals surface area contributed by atoms with Gasteiger partial charge in [-0.15, -0.1) is 34.2 Å². The molecule has 0 saturated carbocycles. The first-order valence-electron chi connectivity index (χ1n) is 10.0. The SMILES string of the molecule is CCNC(=NCc1nnc2n1CCCC2)NCC(CC)Oc1cccc(F)c1.I. The molecule has 1 aliphatic heterocycles. The summed E-state index contributed by atoms with van der Waals surface area (Å²) in [6.45, 7) is 6.83. The number of aryl methyl sites for hydroxylation is 1. The Morgan fingerprint density at radius 2 is 2.14 bits per heavy atom. The quantitative estimate of drug-likeness (QED) is 0.320. The minimum Gasteiger partial charge on any atom is -0.489 e. The van der Waals surface area contributed by atoms with Gasteiger partial charge in [-0.2, -0.15) is 0 Å². The predicted molar refractivity (Wildman–Crippen MR) is 122 cm³/mol. The first-order valence-corrected chi connectivity index (χ1v) is 10.0. The Balaban J connectivity index is 0.00000300. The van der Waals surface area contributed by atoms with Crippen LogP contribution in [-0.2, 0) is 19.5 Å². The Morgan fingerprint density at radius 3 is 2.90 bits per heavy atom. The molecule has 1 unspecified atom stereocenters. The molecule has 1 aliphatic rings. The molecule has 1 aromatic carbocycles. The largest absolute Gasteiger partial charge is 0.489 e.